The molecule has 182 valence electrons. The monoisotopic (exact) mass is 491 g/mol. The third kappa shape index (κ3) is 6.17. The summed E-state index contributed by atoms with van der Waals surface area (Å²) in [5.74, 6) is -2.90. The van der Waals surface area contributed by atoms with Crippen molar-refractivity contribution >= 4 is 33.6 Å². The lowest BCUT2D eigenvalue weighted by Gasteiger charge is -2.30. The van der Waals surface area contributed by atoms with Crippen molar-refractivity contribution < 1.29 is 31.9 Å². The fourth-order valence-electron chi connectivity index (χ4n) is 3.65. The molecule has 0 radical (unpaired) electrons. The standard InChI is InChI=1S/C23H26FN3O6S/c1-15-7-8-19(16(2)13-15)25-23(30)26-21(28)14-33-22(29)17-9-11-27(12-10-17)34(31,32)20-6-4-3-5-18(20)24/h3-8,13,17H,9-12,14H2,1-2H3,(H2,25,26,28,30). The van der Waals surface area contributed by atoms with Crippen LogP contribution in [-0.2, 0) is 24.3 Å². The third-order valence-corrected chi connectivity index (χ3v) is 7.40. The van der Waals surface area contributed by atoms with Crippen molar-refractivity contribution in [1.29, 1.82) is 0 Å². The fraction of sp³-hybridized carbons (Fsp3) is 0.348. The molecule has 0 unspecified atom stereocenters. The maximum atomic E-state index is 13.9. The molecule has 0 aromatic heterocycles. The maximum absolute atomic E-state index is 13.9. The molecule has 11 heteroatoms. The van der Waals surface area contributed by atoms with E-state index in [1.165, 1.54) is 18.2 Å². The van der Waals surface area contributed by atoms with E-state index in [-0.39, 0.29) is 25.9 Å². The van der Waals surface area contributed by atoms with Crippen molar-refractivity contribution in [1.82, 2.24) is 9.62 Å². The molecule has 1 heterocycles. The molecule has 0 saturated carbocycles. The van der Waals surface area contributed by atoms with Crippen molar-refractivity contribution in [2.45, 2.75) is 31.6 Å². The molecular weight excluding hydrogens is 465 g/mol. The van der Waals surface area contributed by atoms with Crippen LogP contribution >= 0.6 is 0 Å². The molecule has 2 N–H and O–H groups in total. The highest BCUT2D eigenvalue weighted by Crippen LogP contribution is 2.26. The predicted molar refractivity (Wildman–Crippen MR) is 122 cm³/mol. The normalized spacial score (nSPS) is 14.9. The Balaban J connectivity index is 1.44. The first-order valence-electron chi connectivity index (χ1n) is 10.7. The Morgan fingerprint density at radius 3 is 2.41 bits per heavy atom. The molecule has 2 aromatic carbocycles. The zero-order valence-electron chi connectivity index (χ0n) is 18.8. The molecule has 34 heavy (non-hydrogen) atoms. The van der Waals surface area contributed by atoms with E-state index in [1.54, 1.807) is 6.07 Å². The Morgan fingerprint density at radius 1 is 1.09 bits per heavy atom. The van der Waals surface area contributed by atoms with Crippen molar-refractivity contribution in [3.05, 3.63) is 59.4 Å². The Hall–Kier alpha value is -3.31. The Morgan fingerprint density at radius 2 is 1.76 bits per heavy atom. The van der Waals surface area contributed by atoms with Gasteiger partial charge in [-0.3, -0.25) is 14.9 Å². The molecule has 3 amide bonds. The zero-order chi connectivity index (χ0) is 24.9. The smallest absolute Gasteiger partial charge is 0.325 e. The number of imide groups is 1. The number of nitrogens with zero attached hydrogens (tertiary/aromatic N) is 1. The van der Waals surface area contributed by atoms with Gasteiger partial charge < -0.3 is 10.1 Å². The lowest BCUT2D eigenvalue weighted by atomic mass is 9.98. The van der Waals surface area contributed by atoms with Crippen LogP contribution in [0.25, 0.3) is 0 Å². The summed E-state index contributed by atoms with van der Waals surface area (Å²) in [7, 11) is -4.01. The van der Waals surface area contributed by atoms with E-state index in [0.717, 1.165) is 21.5 Å². The highest BCUT2D eigenvalue weighted by Gasteiger charge is 2.34. The first-order valence-corrected chi connectivity index (χ1v) is 12.1. The van der Waals surface area contributed by atoms with Crippen LogP contribution in [0.15, 0.2) is 47.4 Å². The number of sulfonamides is 1. The van der Waals surface area contributed by atoms with Crippen molar-refractivity contribution in [2.24, 2.45) is 5.92 Å². The molecule has 0 aliphatic carbocycles. The number of aryl methyl sites for hydroxylation is 2. The van der Waals surface area contributed by atoms with Gasteiger partial charge in [-0.05, 0) is 50.5 Å². The number of benzene rings is 2. The summed E-state index contributed by atoms with van der Waals surface area (Å²) in [6, 6.07) is 9.77. The van der Waals surface area contributed by atoms with Gasteiger partial charge in [0.1, 0.15) is 10.7 Å². The number of nitrogens with one attached hydrogen (secondary N) is 2. The van der Waals surface area contributed by atoms with E-state index in [1.807, 2.05) is 26.0 Å². The van der Waals surface area contributed by atoms with E-state index < -0.39 is 51.2 Å². The number of piperidine rings is 1. The predicted octanol–water partition coefficient (Wildman–Crippen LogP) is 2.73. The second-order valence-corrected chi connectivity index (χ2v) is 9.94. The van der Waals surface area contributed by atoms with E-state index >= 15 is 0 Å². The van der Waals surface area contributed by atoms with Crippen LogP contribution in [0, 0.1) is 25.6 Å². The largest absolute Gasteiger partial charge is 0.455 e. The summed E-state index contributed by atoms with van der Waals surface area (Å²) in [5, 5.41) is 4.64. The first-order chi connectivity index (χ1) is 16.1. The minimum absolute atomic E-state index is 0.0148. The van der Waals surface area contributed by atoms with Crippen LogP contribution < -0.4 is 10.6 Å². The van der Waals surface area contributed by atoms with Gasteiger partial charge in [0.05, 0.1) is 5.92 Å². The van der Waals surface area contributed by atoms with Crippen LogP contribution in [0.5, 0.6) is 0 Å². The minimum Gasteiger partial charge on any atom is -0.455 e. The molecule has 2 aromatic rings. The molecular formula is C23H26FN3O6S. The zero-order valence-corrected chi connectivity index (χ0v) is 19.7. The van der Waals surface area contributed by atoms with Crippen molar-refractivity contribution in [3.8, 4) is 0 Å². The van der Waals surface area contributed by atoms with Gasteiger partial charge in [0, 0.05) is 18.8 Å². The van der Waals surface area contributed by atoms with Crippen LogP contribution in [0.2, 0.25) is 0 Å². The first kappa shape index (κ1) is 25.3. The molecule has 1 aliphatic rings. The van der Waals surface area contributed by atoms with E-state index in [2.05, 4.69) is 10.6 Å². The van der Waals surface area contributed by atoms with Gasteiger partial charge in [-0.2, -0.15) is 4.31 Å². The van der Waals surface area contributed by atoms with Crippen LogP contribution in [-0.4, -0.2) is 50.3 Å². The van der Waals surface area contributed by atoms with Gasteiger partial charge in [0.25, 0.3) is 5.91 Å². The molecule has 9 nitrogen and oxygen atoms in total. The second-order valence-electron chi connectivity index (χ2n) is 8.04. The molecule has 3 rings (SSSR count). The average Bonchev–Trinajstić information content (AvgIpc) is 2.79. The Bertz CT molecular complexity index is 1190. The number of carbonyl (C=O) groups excluding carboxylic acids is 3. The number of esters is 1. The van der Waals surface area contributed by atoms with Crippen LogP contribution in [0.1, 0.15) is 24.0 Å². The van der Waals surface area contributed by atoms with Gasteiger partial charge in [-0.25, -0.2) is 17.6 Å². The SMILES string of the molecule is Cc1ccc(NC(=O)NC(=O)COC(=O)C2CCN(S(=O)(=O)c3ccccc3F)CC2)c(C)c1. The number of anilines is 1. The number of halogens is 1. The lowest BCUT2D eigenvalue weighted by molar-refractivity contribution is -0.153. The Labute approximate surface area is 197 Å². The Kier molecular flexibility index (Phi) is 8.00. The highest BCUT2D eigenvalue weighted by atomic mass is 32.2. The van der Waals surface area contributed by atoms with Crippen molar-refractivity contribution in [3.63, 3.8) is 0 Å². The van der Waals surface area contributed by atoms with Gasteiger partial charge in [0.2, 0.25) is 10.0 Å². The minimum atomic E-state index is -4.01. The van der Waals surface area contributed by atoms with E-state index in [4.69, 9.17) is 4.74 Å². The summed E-state index contributed by atoms with van der Waals surface area (Å²) < 4.78 is 45.3. The van der Waals surface area contributed by atoms with E-state index in [0.29, 0.717) is 5.69 Å². The number of carbonyl (C=O) groups is 3. The molecule has 1 aliphatic heterocycles. The summed E-state index contributed by atoms with van der Waals surface area (Å²) in [4.78, 5) is 35.9. The number of urea groups is 1. The number of hydrogen-bond donors (Lipinski definition) is 2. The van der Waals surface area contributed by atoms with Gasteiger partial charge in [-0.15, -0.1) is 0 Å². The van der Waals surface area contributed by atoms with Gasteiger partial charge >= 0.3 is 12.0 Å². The highest BCUT2D eigenvalue weighted by molar-refractivity contribution is 7.89. The van der Waals surface area contributed by atoms with Crippen LogP contribution in [0.4, 0.5) is 14.9 Å². The van der Waals surface area contributed by atoms with E-state index in [9.17, 15) is 27.2 Å². The van der Waals surface area contributed by atoms with Gasteiger partial charge in [0.15, 0.2) is 6.61 Å². The molecule has 1 saturated heterocycles. The number of amides is 3. The lowest BCUT2D eigenvalue weighted by Crippen LogP contribution is -2.42. The quantitative estimate of drug-likeness (QED) is 0.600. The maximum Gasteiger partial charge on any atom is 0.325 e. The second kappa shape index (κ2) is 10.7. The number of ether oxygens (including phenoxy) is 1. The molecule has 1 fully saturated rings. The summed E-state index contributed by atoms with van der Waals surface area (Å²) in [6.07, 6.45) is 0.336. The fourth-order valence-corrected chi connectivity index (χ4v) is 5.18. The summed E-state index contributed by atoms with van der Waals surface area (Å²) >= 11 is 0. The number of hydrogen-bond acceptors (Lipinski definition) is 6. The molecule has 0 bridgehead atoms. The van der Waals surface area contributed by atoms with Crippen molar-refractivity contribution in [2.75, 3.05) is 25.0 Å². The average molecular weight is 492 g/mol. The molecule has 0 spiro atoms. The third-order valence-electron chi connectivity index (χ3n) is 5.47. The van der Waals surface area contributed by atoms with Crippen LogP contribution in [0.3, 0.4) is 0 Å². The summed E-state index contributed by atoms with van der Waals surface area (Å²) in [5.41, 5.74) is 2.41. The topological polar surface area (TPSA) is 122 Å². The number of rotatable bonds is 6. The summed E-state index contributed by atoms with van der Waals surface area (Å²) in [6.45, 7) is 3.12. The van der Waals surface area contributed by atoms with Gasteiger partial charge in [-0.1, -0.05) is 29.8 Å². The molecule has 0 atom stereocenters.